The predicted molar refractivity (Wildman–Crippen MR) is 155 cm³/mol. The van der Waals surface area contributed by atoms with Crippen LogP contribution in [0.15, 0.2) is 60.7 Å². The van der Waals surface area contributed by atoms with E-state index in [1.165, 1.54) is 38.7 Å². The first-order valence-corrected chi connectivity index (χ1v) is 14.2. The summed E-state index contributed by atoms with van der Waals surface area (Å²) in [7, 11) is 0.686. The largest absolute Gasteiger partial charge is 0.488 e. The molecule has 3 rings (SSSR count). The van der Waals surface area contributed by atoms with Gasteiger partial charge in [-0.3, -0.25) is 4.90 Å². The van der Waals surface area contributed by atoms with Gasteiger partial charge in [0.05, 0.1) is 0 Å². The molecule has 188 valence electrons. The van der Waals surface area contributed by atoms with E-state index in [2.05, 4.69) is 114 Å². The van der Waals surface area contributed by atoms with E-state index in [1.54, 1.807) is 0 Å². The van der Waals surface area contributed by atoms with Gasteiger partial charge in [-0.05, 0) is 67.8 Å². The highest BCUT2D eigenvalue weighted by Gasteiger charge is 2.32. The third-order valence-electron chi connectivity index (χ3n) is 7.04. The molecule has 0 aliphatic carbocycles. The van der Waals surface area contributed by atoms with Crippen LogP contribution in [0.25, 0.3) is 0 Å². The van der Waals surface area contributed by atoms with Gasteiger partial charge in [0.25, 0.3) is 0 Å². The van der Waals surface area contributed by atoms with E-state index < -0.39 is 0 Å². The molecule has 3 heteroatoms. The van der Waals surface area contributed by atoms with Crippen molar-refractivity contribution in [2.24, 2.45) is 0 Å². The Hall–Kier alpha value is -2.15. The van der Waals surface area contributed by atoms with Crippen molar-refractivity contribution < 1.29 is 4.74 Å². The van der Waals surface area contributed by atoms with E-state index in [0.717, 1.165) is 38.2 Å². The van der Waals surface area contributed by atoms with Gasteiger partial charge in [-0.25, -0.2) is 0 Å². The van der Waals surface area contributed by atoms with Gasteiger partial charge in [-0.2, -0.15) is 0 Å². The summed E-state index contributed by atoms with van der Waals surface area (Å²) in [5.74, 6) is 1.07. The van der Waals surface area contributed by atoms with Crippen molar-refractivity contribution in [3.8, 4) is 5.75 Å². The average molecular weight is 490 g/mol. The van der Waals surface area contributed by atoms with Crippen molar-refractivity contribution in [1.29, 1.82) is 0 Å². The molecule has 3 aromatic rings. The van der Waals surface area contributed by atoms with E-state index in [0.29, 0.717) is 15.2 Å². The van der Waals surface area contributed by atoms with Crippen LogP contribution in [-0.2, 0) is 18.3 Å². The molecular formula is C32H44NOP. The topological polar surface area (TPSA) is 12.5 Å². The second-order valence-electron chi connectivity index (χ2n) is 10.0. The second kappa shape index (κ2) is 12.7. The molecule has 0 aliphatic rings. The number of hydrogen-bond donors (Lipinski definition) is 0. The lowest BCUT2D eigenvalue weighted by atomic mass is 9.91. The summed E-state index contributed by atoms with van der Waals surface area (Å²) in [6.45, 7) is 19.8. The minimum atomic E-state index is 0.0155. The van der Waals surface area contributed by atoms with Gasteiger partial charge in [-0.1, -0.05) is 109 Å². The summed E-state index contributed by atoms with van der Waals surface area (Å²) in [4.78, 5) is 2.52. The van der Waals surface area contributed by atoms with Crippen LogP contribution in [0, 0.1) is 20.8 Å². The summed E-state index contributed by atoms with van der Waals surface area (Å²) in [5.41, 5.74) is 8.00. The number of aryl methyl sites for hydroxylation is 3. The van der Waals surface area contributed by atoms with Crippen LogP contribution < -0.4 is 10.0 Å². The molecule has 0 saturated heterocycles. The van der Waals surface area contributed by atoms with Crippen molar-refractivity contribution in [2.45, 2.75) is 79.6 Å². The fraction of sp³-hybridized carbons (Fsp3) is 0.438. The molecule has 35 heavy (non-hydrogen) atoms. The molecular weight excluding hydrogens is 445 g/mol. The maximum atomic E-state index is 6.60. The van der Waals surface area contributed by atoms with Crippen molar-refractivity contribution in [3.05, 3.63) is 94.0 Å². The summed E-state index contributed by atoms with van der Waals surface area (Å²) in [5, 5.41) is 1.55. The standard InChI is InChI=1S/C32H44NOP/c1-8-19-32(7,35-31-25(5)15-14-18-28(31)22-33(9-2)10-3)29-21-24(4)20-26(6)30(29)34-23-27-16-12-11-13-17-27/h11-18,20-21,35H,8-10,19,22-23H2,1-7H3. The van der Waals surface area contributed by atoms with Gasteiger partial charge in [-0.15, -0.1) is 0 Å². The van der Waals surface area contributed by atoms with Crippen molar-refractivity contribution >= 4 is 13.9 Å². The van der Waals surface area contributed by atoms with Gasteiger partial charge in [0.1, 0.15) is 12.4 Å². The maximum absolute atomic E-state index is 6.60. The average Bonchev–Trinajstić information content (AvgIpc) is 2.84. The third kappa shape index (κ3) is 6.96. The Morgan fingerprint density at radius 3 is 2.23 bits per heavy atom. The normalized spacial score (nSPS) is 13.5. The first-order chi connectivity index (χ1) is 16.8. The molecule has 0 fully saturated rings. The molecule has 2 atom stereocenters. The highest BCUT2D eigenvalue weighted by Crippen LogP contribution is 2.50. The third-order valence-corrected chi connectivity index (χ3v) is 9.07. The van der Waals surface area contributed by atoms with Crippen LogP contribution in [0.3, 0.4) is 0 Å². The fourth-order valence-corrected chi connectivity index (χ4v) is 6.90. The summed E-state index contributed by atoms with van der Waals surface area (Å²) < 4.78 is 6.60. The van der Waals surface area contributed by atoms with Gasteiger partial charge < -0.3 is 4.74 Å². The summed E-state index contributed by atoms with van der Waals surface area (Å²) in [6, 6.07) is 22.0. The van der Waals surface area contributed by atoms with Crippen molar-refractivity contribution in [3.63, 3.8) is 0 Å². The Morgan fingerprint density at radius 2 is 1.57 bits per heavy atom. The molecule has 0 bridgehead atoms. The smallest absolute Gasteiger partial charge is 0.126 e. The molecule has 2 unspecified atom stereocenters. The number of hydrogen-bond acceptors (Lipinski definition) is 2. The molecule has 0 aliphatic heterocycles. The van der Waals surface area contributed by atoms with Gasteiger partial charge in [0, 0.05) is 17.3 Å². The van der Waals surface area contributed by atoms with Crippen LogP contribution in [0.5, 0.6) is 5.75 Å². The monoisotopic (exact) mass is 489 g/mol. The number of rotatable bonds is 12. The second-order valence-corrected chi connectivity index (χ2v) is 11.9. The zero-order valence-corrected chi connectivity index (χ0v) is 23.9. The fourth-order valence-electron chi connectivity index (χ4n) is 5.05. The van der Waals surface area contributed by atoms with E-state index in [-0.39, 0.29) is 5.16 Å². The van der Waals surface area contributed by atoms with E-state index in [9.17, 15) is 0 Å². The zero-order chi connectivity index (χ0) is 25.4. The zero-order valence-electron chi connectivity index (χ0n) is 22.9. The van der Waals surface area contributed by atoms with E-state index in [4.69, 9.17) is 4.74 Å². The minimum Gasteiger partial charge on any atom is -0.488 e. The first kappa shape index (κ1) is 27.4. The van der Waals surface area contributed by atoms with Crippen LogP contribution >= 0.6 is 8.58 Å². The molecule has 3 aromatic carbocycles. The summed E-state index contributed by atoms with van der Waals surface area (Å²) in [6.07, 6.45) is 2.28. The summed E-state index contributed by atoms with van der Waals surface area (Å²) >= 11 is 0. The Kier molecular flexibility index (Phi) is 9.96. The lowest BCUT2D eigenvalue weighted by Crippen LogP contribution is -2.28. The molecule has 0 radical (unpaired) electrons. The highest BCUT2D eigenvalue weighted by molar-refractivity contribution is 7.48. The predicted octanol–water partition coefficient (Wildman–Crippen LogP) is 8.05. The molecule has 0 saturated carbocycles. The molecule has 0 heterocycles. The molecule has 2 nitrogen and oxygen atoms in total. The maximum Gasteiger partial charge on any atom is 0.126 e. The van der Waals surface area contributed by atoms with Crippen molar-refractivity contribution in [2.75, 3.05) is 13.1 Å². The van der Waals surface area contributed by atoms with Crippen molar-refractivity contribution in [1.82, 2.24) is 4.90 Å². The number of benzene rings is 3. The van der Waals surface area contributed by atoms with Gasteiger partial charge in [0.2, 0.25) is 0 Å². The number of ether oxygens (including phenoxy) is 1. The Balaban J connectivity index is 2.04. The van der Waals surface area contributed by atoms with E-state index >= 15 is 0 Å². The Bertz CT molecular complexity index is 1090. The minimum absolute atomic E-state index is 0.0155. The quantitative estimate of drug-likeness (QED) is 0.239. The van der Waals surface area contributed by atoms with E-state index in [1.807, 2.05) is 0 Å². The number of nitrogens with zero attached hydrogens (tertiary/aromatic N) is 1. The lowest BCUT2D eigenvalue weighted by molar-refractivity contribution is 0.296. The Labute approximate surface area is 215 Å². The lowest BCUT2D eigenvalue weighted by Gasteiger charge is -2.35. The van der Waals surface area contributed by atoms with Crippen LogP contribution in [0.4, 0.5) is 0 Å². The van der Waals surface area contributed by atoms with Crippen LogP contribution in [0.1, 0.15) is 73.9 Å². The molecule has 0 aromatic heterocycles. The van der Waals surface area contributed by atoms with Gasteiger partial charge in [0.15, 0.2) is 0 Å². The van der Waals surface area contributed by atoms with Crippen LogP contribution in [0.2, 0.25) is 0 Å². The van der Waals surface area contributed by atoms with Gasteiger partial charge >= 0.3 is 0 Å². The molecule has 0 amide bonds. The SMILES string of the molecule is CCCC(C)(Pc1c(C)cccc1CN(CC)CC)c1cc(C)cc(C)c1OCc1ccccc1. The first-order valence-electron chi connectivity index (χ1n) is 13.2. The highest BCUT2D eigenvalue weighted by atomic mass is 31.1. The van der Waals surface area contributed by atoms with Crippen LogP contribution in [-0.4, -0.2) is 18.0 Å². The Morgan fingerprint density at radius 1 is 0.857 bits per heavy atom. The molecule has 0 spiro atoms. The molecule has 0 N–H and O–H groups in total.